The van der Waals surface area contributed by atoms with Crippen LogP contribution in [0.1, 0.15) is 86.5 Å². The van der Waals surface area contributed by atoms with Gasteiger partial charge in [0.1, 0.15) is 5.22 Å². The van der Waals surface area contributed by atoms with Crippen LogP contribution in [-0.4, -0.2) is 88.6 Å². The van der Waals surface area contributed by atoms with Crippen molar-refractivity contribution in [2.75, 3.05) is 54.3 Å². The lowest BCUT2D eigenvalue weighted by Gasteiger charge is -2.48. The maximum atomic E-state index is 11.0. The molecule has 1 unspecified atom stereocenters. The largest absolute Gasteiger partial charge is 0.500 e. The van der Waals surface area contributed by atoms with Gasteiger partial charge in [-0.1, -0.05) is 33.3 Å². The smallest absolute Gasteiger partial charge is 0.463 e. The van der Waals surface area contributed by atoms with Gasteiger partial charge in [0, 0.05) is 65.5 Å². The minimum Gasteiger partial charge on any atom is -0.463 e. The summed E-state index contributed by atoms with van der Waals surface area (Å²) in [5.41, 5.74) is 1.23. The Balaban J connectivity index is 0.000000760. The Hall–Kier alpha value is -0.926. The van der Waals surface area contributed by atoms with Gasteiger partial charge in [0.15, 0.2) is 0 Å². The van der Waals surface area contributed by atoms with E-state index in [4.69, 9.17) is 31.6 Å². The van der Waals surface area contributed by atoms with Crippen molar-refractivity contribution in [3.8, 4) is 0 Å². The quantitative estimate of drug-likeness (QED) is 0.0527. The van der Waals surface area contributed by atoms with Crippen molar-refractivity contribution in [3.63, 3.8) is 0 Å². The zero-order chi connectivity index (χ0) is 30.5. The normalized spacial score (nSPS) is 19.2. The highest BCUT2D eigenvalue weighted by atomic mass is 28.4. The minimum absolute atomic E-state index is 0.352. The first-order chi connectivity index (χ1) is 19.1. The summed E-state index contributed by atoms with van der Waals surface area (Å²) in [6, 6.07) is 1.79. The average molecular weight is 606 g/mol. The van der Waals surface area contributed by atoms with Crippen molar-refractivity contribution < 1.29 is 36.4 Å². The van der Waals surface area contributed by atoms with Crippen LogP contribution in [0, 0.1) is 5.92 Å². The molecule has 0 amide bonds. The van der Waals surface area contributed by atoms with Crippen LogP contribution >= 0.6 is 0 Å². The van der Waals surface area contributed by atoms with Crippen LogP contribution in [-0.2, 0) is 36.4 Å². The monoisotopic (exact) mass is 605 g/mol. The van der Waals surface area contributed by atoms with Gasteiger partial charge >= 0.3 is 23.3 Å². The minimum atomic E-state index is -2.47. The molecule has 0 aromatic heterocycles. The first-order valence-corrected chi connectivity index (χ1v) is 18.9. The second-order valence-electron chi connectivity index (χ2n) is 10.3. The van der Waals surface area contributed by atoms with Gasteiger partial charge < -0.3 is 31.6 Å². The van der Waals surface area contributed by atoms with Crippen LogP contribution in [0.25, 0.3) is 0 Å². The summed E-state index contributed by atoms with van der Waals surface area (Å²) < 4.78 is 40.0. The number of ether oxygens (including phenoxy) is 2. The van der Waals surface area contributed by atoms with E-state index in [1.54, 1.807) is 21.3 Å². The molecule has 0 bridgehead atoms. The Kier molecular flexibility index (Phi) is 21.2. The van der Waals surface area contributed by atoms with Crippen LogP contribution in [0.2, 0.25) is 12.1 Å². The highest BCUT2D eigenvalue weighted by Gasteiger charge is 2.58. The van der Waals surface area contributed by atoms with Crippen LogP contribution < -0.4 is 0 Å². The van der Waals surface area contributed by atoms with E-state index in [0.717, 1.165) is 63.6 Å². The molecule has 11 heteroatoms. The average Bonchev–Trinajstić information content (AvgIpc) is 2.94. The van der Waals surface area contributed by atoms with E-state index in [1.165, 1.54) is 11.8 Å². The van der Waals surface area contributed by atoms with Gasteiger partial charge in [-0.2, -0.15) is 0 Å². The van der Waals surface area contributed by atoms with Crippen molar-refractivity contribution >= 4 is 29.0 Å². The topological polar surface area (TPSA) is 94.0 Å². The summed E-state index contributed by atoms with van der Waals surface area (Å²) >= 11 is 0. The van der Waals surface area contributed by atoms with Gasteiger partial charge in [-0.25, -0.2) is 4.79 Å². The molecular weight excluding hydrogens is 546 g/mol. The number of hydrogen-bond donors (Lipinski definition) is 0. The SMILES string of the molecule is C=CC(=O)OCCCC1(OC)CCCC[Si]1(OC)OC.CCO[Si](CCCN=C(C)CC(C)C)(OCC)OCC. The maximum Gasteiger partial charge on any atom is 0.500 e. The van der Waals surface area contributed by atoms with E-state index < -0.39 is 17.4 Å². The molecule has 1 fully saturated rings. The molecule has 0 radical (unpaired) electrons. The Morgan fingerprint density at radius 2 is 1.62 bits per heavy atom. The molecule has 9 nitrogen and oxygen atoms in total. The highest BCUT2D eigenvalue weighted by molar-refractivity contribution is 6.70. The van der Waals surface area contributed by atoms with Gasteiger partial charge in [-0.3, -0.25) is 4.99 Å². The fraction of sp³-hybridized carbons (Fsp3) is 0.862. The molecule has 0 N–H and O–H groups in total. The molecule has 0 aromatic carbocycles. The number of aliphatic imine (C=N–C) groups is 1. The van der Waals surface area contributed by atoms with E-state index in [2.05, 4.69) is 32.3 Å². The first-order valence-electron chi connectivity index (χ1n) is 15.0. The number of hydrogen-bond acceptors (Lipinski definition) is 9. The van der Waals surface area contributed by atoms with Crippen molar-refractivity contribution in [3.05, 3.63) is 12.7 Å². The maximum absolute atomic E-state index is 11.0. The van der Waals surface area contributed by atoms with E-state index in [9.17, 15) is 4.79 Å². The van der Waals surface area contributed by atoms with Crippen molar-refractivity contribution in [1.29, 1.82) is 0 Å². The predicted molar refractivity (Wildman–Crippen MR) is 166 cm³/mol. The Morgan fingerprint density at radius 3 is 2.10 bits per heavy atom. The second-order valence-corrected chi connectivity index (χ2v) is 16.8. The van der Waals surface area contributed by atoms with Crippen molar-refractivity contribution in [1.82, 2.24) is 0 Å². The molecule has 236 valence electrons. The van der Waals surface area contributed by atoms with Gasteiger partial charge in [0.2, 0.25) is 0 Å². The predicted octanol–water partition coefficient (Wildman–Crippen LogP) is 6.27. The van der Waals surface area contributed by atoms with Gasteiger partial charge in [-0.15, -0.1) is 0 Å². The molecule has 1 saturated heterocycles. The van der Waals surface area contributed by atoms with Crippen LogP contribution in [0.5, 0.6) is 0 Å². The summed E-state index contributed by atoms with van der Waals surface area (Å²) in [6.45, 7) is 19.0. The number of nitrogens with zero attached hydrogens (tertiary/aromatic N) is 1. The molecule has 0 spiro atoms. The van der Waals surface area contributed by atoms with E-state index >= 15 is 0 Å². The highest BCUT2D eigenvalue weighted by Crippen LogP contribution is 2.42. The summed E-state index contributed by atoms with van der Waals surface area (Å²) in [6.07, 6.45) is 7.89. The first kappa shape index (κ1) is 39.1. The summed E-state index contributed by atoms with van der Waals surface area (Å²) in [7, 11) is 0.305. The molecular formula is C29H59NO8Si2. The fourth-order valence-corrected chi connectivity index (χ4v) is 11.8. The van der Waals surface area contributed by atoms with E-state index in [0.29, 0.717) is 32.3 Å². The standard InChI is InChI=1S/C15H33NO3Si.C14H26O5Si/c1-7-17-20(18-8-2,19-9-3)12-10-11-16-15(6)13-14(4)5;1-5-13(15)19-11-8-10-14(16-2)9-6-7-12-20(14,17-3)18-4/h14H,7-13H2,1-6H3;5H,1,6-12H2,2-4H3. The Labute approximate surface area is 246 Å². The zero-order valence-electron chi connectivity index (χ0n) is 27.0. The second kappa shape index (κ2) is 21.7. The Morgan fingerprint density at radius 1 is 1.02 bits per heavy atom. The summed E-state index contributed by atoms with van der Waals surface area (Å²) in [4.78, 5) is 15.7. The molecule has 0 aromatic rings. The number of methoxy groups -OCH3 is 1. The molecule has 1 aliphatic rings. The van der Waals surface area contributed by atoms with Gasteiger partial charge in [0.05, 0.1) is 6.61 Å². The molecule has 40 heavy (non-hydrogen) atoms. The molecule has 1 aliphatic heterocycles. The summed E-state index contributed by atoms with van der Waals surface area (Å²) in [5.74, 6) is 0.282. The number of carbonyl (C=O) groups excluding carboxylic acids is 1. The van der Waals surface area contributed by atoms with Gasteiger partial charge in [0.25, 0.3) is 0 Å². The molecule has 1 rings (SSSR count). The Bertz CT molecular complexity index is 701. The fourth-order valence-electron chi connectivity index (χ4n) is 5.33. The van der Waals surface area contributed by atoms with E-state index in [-0.39, 0.29) is 11.2 Å². The van der Waals surface area contributed by atoms with Crippen LogP contribution in [0.3, 0.4) is 0 Å². The van der Waals surface area contributed by atoms with Gasteiger partial charge in [-0.05, 0) is 71.8 Å². The summed E-state index contributed by atoms with van der Waals surface area (Å²) in [5, 5.41) is -0.352. The third kappa shape index (κ3) is 13.4. The number of esters is 1. The van der Waals surface area contributed by atoms with E-state index in [1.807, 2.05) is 20.8 Å². The van der Waals surface area contributed by atoms with Crippen molar-refractivity contribution in [2.24, 2.45) is 10.9 Å². The van der Waals surface area contributed by atoms with Crippen LogP contribution in [0.15, 0.2) is 17.6 Å². The lowest BCUT2D eigenvalue weighted by molar-refractivity contribution is -0.138. The number of rotatable bonds is 20. The lowest BCUT2D eigenvalue weighted by atomic mass is 10.1. The third-order valence-electron chi connectivity index (χ3n) is 7.04. The molecule has 0 saturated carbocycles. The van der Waals surface area contributed by atoms with Crippen molar-refractivity contribution in [2.45, 2.75) is 104 Å². The number of carbonyl (C=O) groups is 1. The molecule has 0 aliphatic carbocycles. The van der Waals surface area contributed by atoms with Crippen LogP contribution in [0.4, 0.5) is 0 Å². The molecule has 1 heterocycles. The third-order valence-corrected chi connectivity index (χ3v) is 14.6. The molecule has 1 atom stereocenters. The lowest BCUT2D eigenvalue weighted by Crippen LogP contribution is -2.64. The zero-order valence-corrected chi connectivity index (χ0v) is 29.0.